The van der Waals surface area contributed by atoms with Gasteiger partial charge in [-0.1, -0.05) is 30.3 Å². The van der Waals surface area contributed by atoms with Crippen LogP contribution >= 0.6 is 0 Å². The lowest BCUT2D eigenvalue weighted by atomic mass is 9.73. The highest BCUT2D eigenvalue weighted by molar-refractivity contribution is 5.94. The predicted molar refractivity (Wildman–Crippen MR) is 109 cm³/mol. The summed E-state index contributed by atoms with van der Waals surface area (Å²) in [7, 11) is 0. The summed E-state index contributed by atoms with van der Waals surface area (Å²) in [6.45, 7) is 2.81. The smallest absolute Gasteiger partial charge is 0.314 e. The molecule has 29 heavy (non-hydrogen) atoms. The van der Waals surface area contributed by atoms with Crippen LogP contribution in [-0.4, -0.2) is 44.8 Å². The van der Waals surface area contributed by atoms with Crippen LogP contribution in [0.25, 0.3) is 5.69 Å². The molecule has 4 rings (SSSR count). The first-order chi connectivity index (χ1) is 14.0. The van der Waals surface area contributed by atoms with Gasteiger partial charge in [0.1, 0.15) is 0 Å². The second-order valence-corrected chi connectivity index (χ2v) is 7.55. The number of likely N-dealkylation sites (tertiary alicyclic amines) is 1. The average Bonchev–Trinajstić information content (AvgIpc) is 3.20. The first-order valence-corrected chi connectivity index (χ1v) is 9.69. The lowest BCUT2D eigenvalue weighted by molar-refractivity contribution is -0.145. The highest BCUT2D eigenvalue weighted by Gasteiger charge is 2.43. The van der Waals surface area contributed by atoms with Gasteiger partial charge < -0.3 is 10.0 Å². The molecule has 148 valence electrons. The number of nitrogens with zero attached hydrogens (tertiary/aromatic N) is 3. The van der Waals surface area contributed by atoms with Crippen LogP contribution in [0.15, 0.2) is 67.0 Å². The van der Waals surface area contributed by atoms with Gasteiger partial charge in [0.25, 0.3) is 5.91 Å². The summed E-state index contributed by atoms with van der Waals surface area (Å²) in [6, 6.07) is 16.7. The van der Waals surface area contributed by atoms with Crippen LogP contribution in [0.2, 0.25) is 0 Å². The number of aryl methyl sites for hydroxylation is 1. The van der Waals surface area contributed by atoms with E-state index in [1.165, 1.54) is 0 Å². The molecule has 0 unspecified atom stereocenters. The second-order valence-electron chi connectivity index (χ2n) is 7.55. The van der Waals surface area contributed by atoms with E-state index in [2.05, 4.69) is 5.10 Å². The van der Waals surface area contributed by atoms with E-state index < -0.39 is 11.4 Å². The third kappa shape index (κ3) is 3.53. The molecule has 2 aromatic carbocycles. The minimum absolute atomic E-state index is 0.0692. The normalized spacial score (nSPS) is 15.8. The number of hydrogen-bond acceptors (Lipinski definition) is 3. The third-order valence-corrected chi connectivity index (χ3v) is 5.73. The highest BCUT2D eigenvalue weighted by Crippen LogP contribution is 2.36. The van der Waals surface area contributed by atoms with Gasteiger partial charge in [0.2, 0.25) is 0 Å². The molecule has 1 amide bonds. The molecule has 0 spiro atoms. The van der Waals surface area contributed by atoms with Crippen LogP contribution in [-0.2, 0) is 10.2 Å². The van der Waals surface area contributed by atoms with Gasteiger partial charge in [0, 0.05) is 24.8 Å². The zero-order valence-corrected chi connectivity index (χ0v) is 16.3. The molecule has 0 bridgehead atoms. The largest absolute Gasteiger partial charge is 0.481 e. The molecule has 2 heterocycles. The number of piperidine rings is 1. The Balaban J connectivity index is 1.48. The van der Waals surface area contributed by atoms with Gasteiger partial charge in [0.15, 0.2) is 0 Å². The summed E-state index contributed by atoms with van der Waals surface area (Å²) in [6.07, 6.45) is 4.52. The van der Waals surface area contributed by atoms with E-state index in [1.54, 1.807) is 27.9 Å². The van der Waals surface area contributed by atoms with Crippen LogP contribution in [0.1, 0.15) is 34.3 Å². The number of hydrogen-bond donors (Lipinski definition) is 1. The van der Waals surface area contributed by atoms with Crippen molar-refractivity contribution < 1.29 is 14.7 Å². The Morgan fingerprint density at radius 3 is 2.21 bits per heavy atom. The minimum atomic E-state index is -0.931. The van der Waals surface area contributed by atoms with Gasteiger partial charge in [-0.3, -0.25) is 9.59 Å². The Bertz CT molecular complexity index is 1020. The van der Waals surface area contributed by atoms with Gasteiger partial charge in [-0.05, 0) is 55.2 Å². The van der Waals surface area contributed by atoms with Crippen molar-refractivity contribution >= 4 is 11.9 Å². The summed E-state index contributed by atoms with van der Waals surface area (Å²) in [5.74, 6) is -0.894. The molecule has 1 saturated heterocycles. The van der Waals surface area contributed by atoms with Crippen molar-refractivity contribution in [3.63, 3.8) is 0 Å². The number of carbonyl (C=O) groups excluding carboxylic acids is 1. The molecule has 1 aliphatic rings. The molecule has 3 aromatic rings. The fraction of sp³-hybridized carbons (Fsp3) is 0.261. The topological polar surface area (TPSA) is 75.4 Å². The summed E-state index contributed by atoms with van der Waals surface area (Å²) >= 11 is 0. The van der Waals surface area contributed by atoms with Crippen molar-refractivity contribution in [3.05, 3.63) is 83.7 Å². The lowest BCUT2D eigenvalue weighted by Crippen LogP contribution is -2.49. The SMILES string of the molecule is Cc1cnn(-c2ccc(C(=O)N3CCC(C(=O)O)(c4ccccc4)CC3)cc2)c1. The Morgan fingerprint density at radius 1 is 1.00 bits per heavy atom. The Morgan fingerprint density at radius 2 is 1.66 bits per heavy atom. The highest BCUT2D eigenvalue weighted by atomic mass is 16.4. The van der Waals surface area contributed by atoms with E-state index >= 15 is 0 Å². The van der Waals surface area contributed by atoms with Gasteiger partial charge in [-0.25, -0.2) is 4.68 Å². The number of carbonyl (C=O) groups is 2. The number of aromatic nitrogens is 2. The fourth-order valence-electron chi connectivity index (χ4n) is 3.97. The van der Waals surface area contributed by atoms with Crippen LogP contribution in [0.4, 0.5) is 0 Å². The summed E-state index contributed by atoms with van der Waals surface area (Å²) in [4.78, 5) is 26.8. The molecular weight excluding hydrogens is 366 g/mol. The number of rotatable bonds is 4. The van der Waals surface area contributed by atoms with Gasteiger partial charge in [-0.2, -0.15) is 5.10 Å². The molecule has 1 aliphatic heterocycles. The van der Waals surface area contributed by atoms with Crippen molar-refractivity contribution in [2.45, 2.75) is 25.2 Å². The van der Waals surface area contributed by atoms with E-state index in [9.17, 15) is 14.7 Å². The van der Waals surface area contributed by atoms with E-state index in [0.717, 1.165) is 16.8 Å². The van der Waals surface area contributed by atoms with Gasteiger partial charge in [-0.15, -0.1) is 0 Å². The van der Waals surface area contributed by atoms with Crippen molar-refractivity contribution in [2.24, 2.45) is 0 Å². The molecule has 0 aliphatic carbocycles. The van der Waals surface area contributed by atoms with Crippen LogP contribution in [0, 0.1) is 6.92 Å². The molecule has 0 radical (unpaired) electrons. The van der Waals surface area contributed by atoms with Crippen molar-refractivity contribution in [1.82, 2.24) is 14.7 Å². The monoisotopic (exact) mass is 389 g/mol. The van der Waals surface area contributed by atoms with E-state index in [1.807, 2.05) is 55.6 Å². The molecule has 1 aromatic heterocycles. The zero-order chi connectivity index (χ0) is 20.4. The number of carboxylic acid groups (broad SMARTS) is 1. The second kappa shape index (κ2) is 7.54. The van der Waals surface area contributed by atoms with Gasteiger partial charge >= 0.3 is 5.97 Å². The van der Waals surface area contributed by atoms with E-state index in [-0.39, 0.29) is 5.91 Å². The fourth-order valence-corrected chi connectivity index (χ4v) is 3.97. The van der Waals surface area contributed by atoms with Crippen LogP contribution in [0.5, 0.6) is 0 Å². The Hall–Kier alpha value is -3.41. The quantitative estimate of drug-likeness (QED) is 0.742. The van der Waals surface area contributed by atoms with Gasteiger partial charge in [0.05, 0.1) is 17.3 Å². The first kappa shape index (κ1) is 18.9. The average molecular weight is 389 g/mol. The molecule has 0 saturated carbocycles. The molecule has 1 N–H and O–H groups in total. The van der Waals surface area contributed by atoms with Crippen molar-refractivity contribution in [2.75, 3.05) is 13.1 Å². The Kier molecular flexibility index (Phi) is 4.92. The maximum Gasteiger partial charge on any atom is 0.314 e. The van der Waals surface area contributed by atoms with Crippen LogP contribution < -0.4 is 0 Å². The molecule has 1 fully saturated rings. The minimum Gasteiger partial charge on any atom is -0.481 e. The van der Waals surface area contributed by atoms with Crippen molar-refractivity contribution in [1.29, 1.82) is 0 Å². The zero-order valence-electron chi connectivity index (χ0n) is 16.3. The molecule has 6 heteroatoms. The first-order valence-electron chi connectivity index (χ1n) is 9.69. The summed E-state index contributed by atoms with van der Waals surface area (Å²) in [5, 5.41) is 14.2. The number of amides is 1. The summed E-state index contributed by atoms with van der Waals surface area (Å²) < 4.78 is 1.77. The Labute approximate surface area is 169 Å². The predicted octanol–water partition coefficient (Wildman–Crippen LogP) is 3.44. The van der Waals surface area contributed by atoms with E-state index in [4.69, 9.17) is 0 Å². The molecular formula is C23H23N3O3. The number of carboxylic acids is 1. The molecule has 0 atom stereocenters. The van der Waals surface area contributed by atoms with E-state index in [0.29, 0.717) is 31.5 Å². The van der Waals surface area contributed by atoms with Crippen molar-refractivity contribution in [3.8, 4) is 5.69 Å². The standard InChI is InChI=1S/C23H23N3O3/c1-17-15-24-26(16-17)20-9-7-18(8-10-20)21(27)25-13-11-23(12-14-25,22(28)29)19-5-3-2-4-6-19/h2-10,15-16H,11-14H2,1H3,(H,28,29). The number of aliphatic carboxylic acids is 1. The third-order valence-electron chi connectivity index (χ3n) is 5.73. The maximum atomic E-state index is 12.9. The number of benzene rings is 2. The lowest BCUT2D eigenvalue weighted by Gasteiger charge is -2.39. The molecule has 6 nitrogen and oxygen atoms in total. The maximum absolute atomic E-state index is 12.9. The summed E-state index contributed by atoms with van der Waals surface area (Å²) in [5.41, 5.74) is 2.43. The van der Waals surface area contributed by atoms with Crippen LogP contribution in [0.3, 0.4) is 0 Å².